The average Bonchev–Trinajstić information content (AvgIpc) is 3.00. The molecular formula is C16H18N4O3. The van der Waals surface area contributed by atoms with Crippen molar-refractivity contribution < 1.29 is 14.6 Å². The normalized spacial score (nSPS) is 20.9. The molecule has 1 unspecified atom stereocenters. The van der Waals surface area contributed by atoms with E-state index in [2.05, 4.69) is 16.4 Å². The van der Waals surface area contributed by atoms with E-state index in [-0.39, 0.29) is 6.61 Å². The fourth-order valence-electron chi connectivity index (χ4n) is 2.58. The Morgan fingerprint density at radius 2 is 2.30 bits per heavy atom. The zero-order valence-corrected chi connectivity index (χ0v) is 12.7. The predicted molar refractivity (Wildman–Crippen MR) is 80.5 cm³/mol. The number of nitriles is 1. The first kappa shape index (κ1) is 15.5. The lowest BCUT2D eigenvalue weighted by Crippen LogP contribution is -2.42. The third-order valence-corrected chi connectivity index (χ3v) is 3.73. The maximum Gasteiger partial charge on any atom is 0.137 e. The van der Waals surface area contributed by atoms with Crippen molar-refractivity contribution in [3.05, 3.63) is 41.7 Å². The van der Waals surface area contributed by atoms with Crippen molar-refractivity contribution in [1.82, 2.24) is 15.0 Å². The molecule has 1 aromatic carbocycles. The van der Waals surface area contributed by atoms with Crippen LogP contribution in [0.15, 0.2) is 30.5 Å². The zero-order chi connectivity index (χ0) is 16.1. The number of aromatic nitrogens is 3. The molecule has 1 fully saturated rings. The van der Waals surface area contributed by atoms with Crippen LogP contribution in [-0.4, -0.2) is 38.9 Å². The van der Waals surface area contributed by atoms with E-state index in [4.69, 9.17) is 14.7 Å². The van der Waals surface area contributed by atoms with Crippen molar-refractivity contribution in [2.75, 3.05) is 13.2 Å². The van der Waals surface area contributed by atoms with Gasteiger partial charge in [-0.1, -0.05) is 17.3 Å². The van der Waals surface area contributed by atoms with E-state index in [9.17, 15) is 5.11 Å². The van der Waals surface area contributed by atoms with Gasteiger partial charge < -0.3 is 14.6 Å². The zero-order valence-electron chi connectivity index (χ0n) is 12.7. The van der Waals surface area contributed by atoms with Crippen molar-refractivity contribution in [3.63, 3.8) is 0 Å². The number of rotatable bonds is 5. The topological polar surface area (TPSA) is 93.2 Å². The van der Waals surface area contributed by atoms with Gasteiger partial charge in [0, 0.05) is 6.61 Å². The highest BCUT2D eigenvalue weighted by Crippen LogP contribution is 2.21. The standard InChI is InChI=1S/C16H18N4O3/c17-8-13-4-1-2-5-15(13)23-10-14-9-20(19-18-14)11-16(21)6-3-7-22-12-16/h1-2,4-5,9,21H,3,6-7,10-12H2. The fourth-order valence-corrected chi connectivity index (χ4v) is 2.58. The van der Waals surface area contributed by atoms with Gasteiger partial charge in [-0.05, 0) is 25.0 Å². The molecule has 120 valence electrons. The second-order valence-corrected chi connectivity index (χ2v) is 5.68. The Morgan fingerprint density at radius 3 is 3.09 bits per heavy atom. The van der Waals surface area contributed by atoms with Crippen LogP contribution in [0.25, 0.3) is 0 Å². The summed E-state index contributed by atoms with van der Waals surface area (Å²) >= 11 is 0. The van der Waals surface area contributed by atoms with Crippen molar-refractivity contribution in [2.45, 2.75) is 31.6 Å². The van der Waals surface area contributed by atoms with Crippen LogP contribution >= 0.6 is 0 Å². The summed E-state index contributed by atoms with van der Waals surface area (Å²) in [5.74, 6) is 0.517. The van der Waals surface area contributed by atoms with Gasteiger partial charge in [0.15, 0.2) is 0 Å². The highest BCUT2D eigenvalue weighted by molar-refractivity contribution is 5.42. The summed E-state index contributed by atoms with van der Waals surface area (Å²) in [6.45, 7) is 1.56. The molecule has 1 aliphatic heterocycles. The molecule has 1 aromatic heterocycles. The van der Waals surface area contributed by atoms with E-state index >= 15 is 0 Å². The first-order chi connectivity index (χ1) is 11.2. The van der Waals surface area contributed by atoms with Crippen molar-refractivity contribution in [2.24, 2.45) is 0 Å². The van der Waals surface area contributed by atoms with E-state index in [0.29, 0.717) is 43.2 Å². The number of aliphatic hydroxyl groups is 1. The summed E-state index contributed by atoms with van der Waals surface area (Å²) < 4.78 is 12.5. The molecule has 0 aliphatic carbocycles. The Morgan fingerprint density at radius 1 is 1.43 bits per heavy atom. The monoisotopic (exact) mass is 314 g/mol. The van der Waals surface area contributed by atoms with Gasteiger partial charge >= 0.3 is 0 Å². The number of benzene rings is 1. The van der Waals surface area contributed by atoms with Crippen LogP contribution in [0.4, 0.5) is 0 Å². The van der Waals surface area contributed by atoms with Crippen LogP contribution in [0.1, 0.15) is 24.1 Å². The van der Waals surface area contributed by atoms with Gasteiger partial charge in [-0.15, -0.1) is 5.10 Å². The Hall–Kier alpha value is -2.43. The molecule has 0 bridgehead atoms. The number of hydrogen-bond donors (Lipinski definition) is 1. The molecule has 1 aliphatic rings. The lowest BCUT2D eigenvalue weighted by atomic mass is 9.97. The van der Waals surface area contributed by atoms with Gasteiger partial charge in [-0.2, -0.15) is 5.26 Å². The Balaban J connectivity index is 1.60. The largest absolute Gasteiger partial charge is 0.486 e. The molecule has 0 radical (unpaired) electrons. The summed E-state index contributed by atoms with van der Waals surface area (Å²) in [5, 5.41) is 27.5. The smallest absolute Gasteiger partial charge is 0.137 e. The Bertz CT molecular complexity index is 701. The molecule has 1 N–H and O–H groups in total. The fraction of sp³-hybridized carbons (Fsp3) is 0.438. The van der Waals surface area contributed by atoms with Crippen LogP contribution in [0.5, 0.6) is 5.75 Å². The van der Waals surface area contributed by atoms with Crippen molar-refractivity contribution >= 4 is 0 Å². The van der Waals surface area contributed by atoms with Crippen LogP contribution < -0.4 is 4.74 Å². The minimum absolute atomic E-state index is 0.216. The molecule has 2 aromatic rings. The predicted octanol–water partition coefficient (Wildman–Crippen LogP) is 1.27. The van der Waals surface area contributed by atoms with E-state index in [1.165, 1.54) is 0 Å². The minimum Gasteiger partial charge on any atom is -0.486 e. The number of nitrogens with zero attached hydrogens (tertiary/aromatic N) is 4. The molecule has 23 heavy (non-hydrogen) atoms. The van der Waals surface area contributed by atoms with Crippen LogP contribution in [0.3, 0.4) is 0 Å². The molecule has 7 heteroatoms. The summed E-state index contributed by atoms with van der Waals surface area (Å²) in [4.78, 5) is 0. The average molecular weight is 314 g/mol. The summed E-state index contributed by atoms with van der Waals surface area (Å²) in [6.07, 6.45) is 3.27. The van der Waals surface area contributed by atoms with Gasteiger partial charge in [0.1, 0.15) is 29.7 Å². The summed E-state index contributed by atoms with van der Waals surface area (Å²) in [6, 6.07) is 9.12. The first-order valence-electron chi connectivity index (χ1n) is 7.50. The number of hydrogen-bond acceptors (Lipinski definition) is 6. The van der Waals surface area contributed by atoms with Gasteiger partial charge in [-0.25, -0.2) is 4.68 Å². The van der Waals surface area contributed by atoms with Crippen molar-refractivity contribution in [1.29, 1.82) is 5.26 Å². The Labute approximate surface area is 134 Å². The van der Waals surface area contributed by atoms with Crippen LogP contribution in [-0.2, 0) is 17.9 Å². The van der Waals surface area contributed by atoms with Crippen LogP contribution in [0, 0.1) is 11.3 Å². The third-order valence-electron chi connectivity index (χ3n) is 3.73. The van der Waals surface area contributed by atoms with Crippen molar-refractivity contribution in [3.8, 4) is 11.8 Å². The molecule has 0 spiro atoms. The van der Waals surface area contributed by atoms with Crippen LogP contribution in [0.2, 0.25) is 0 Å². The molecule has 2 heterocycles. The van der Waals surface area contributed by atoms with Gasteiger partial charge in [0.05, 0.1) is 24.9 Å². The van der Waals surface area contributed by atoms with E-state index in [0.717, 1.165) is 6.42 Å². The molecule has 7 nitrogen and oxygen atoms in total. The molecule has 1 saturated heterocycles. The van der Waals surface area contributed by atoms with E-state index in [1.807, 2.05) is 6.07 Å². The second kappa shape index (κ2) is 6.77. The number of para-hydroxylation sites is 1. The summed E-state index contributed by atoms with van der Waals surface area (Å²) in [5.41, 5.74) is 0.226. The first-order valence-corrected chi connectivity index (χ1v) is 7.50. The maximum absolute atomic E-state index is 10.4. The minimum atomic E-state index is -0.891. The molecule has 0 amide bonds. The molecular weight excluding hydrogens is 296 g/mol. The highest BCUT2D eigenvalue weighted by atomic mass is 16.5. The SMILES string of the molecule is N#Cc1ccccc1OCc1cn(CC2(O)CCCOC2)nn1. The lowest BCUT2D eigenvalue weighted by molar-refractivity contribution is -0.0960. The Kier molecular flexibility index (Phi) is 4.55. The van der Waals surface area contributed by atoms with E-state index < -0.39 is 5.60 Å². The quantitative estimate of drug-likeness (QED) is 0.893. The third kappa shape index (κ3) is 3.86. The molecule has 3 rings (SSSR count). The lowest BCUT2D eigenvalue weighted by Gasteiger charge is -2.31. The second-order valence-electron chi connectivity index (χ2n) is 5.68. The summed E-state index contributed by atoms with van der Waals surface area (Å²) in [7, 11) is 0. The molecule has 1 atom stereocenters. The van der Waals surface area contributed by atoms with Gasteiger partial charge in [0.2, 0.25) is 0 Å². The maximum atomic E-state index is 10.4. The highest BCUT2D eigenvalue weighted by Gasteiger charge is 2.31. The van der Waals surface area contributed by atoms with Gasteiger partial charge in [-0.3, -0.25) is 0 Å². The molecule has 0 saturated carbocycles. The number of ether oxygens (including phenoxy) is 2. The van der Waals surface area contributed by atoms with Gasteiger partial charge in [0.25, 0.3) is 0 Å². The van der Waals surface area contributed by atoms with E-state index in [1.54, 1.807) is 29.1 Å².